The van der Waals surface area contributed by atoms with E-state index >= 15 is 0 Å². The molecule has 0 spiro atoms. The van der Waals surface area contributed by atoms with E-state index in [0.717, 1.165) is 12.3 Å². The third-order valence-electron chi connectivity index (χ3n) is 3.50. The van der Waals surface area contributed by atoms with Gasteiger partial charge in [-0.2, -0.15) is 5.10 Å². The smallest absolute Gasteiger partial charge is 0.0674 e. The molecule has 1 aromatic rings. The zero-order valence-electron chi connectivity index (χ0n) is 10.4. The number of hydrogen-bond donors (Lipinski definition) is 1. The van der Waals surface area contributed by atoms with E-state index in [-0.39, 0.29) is 6.04 Å². The van der Waals surface area contributed by atoms with Gasteiger partial charge in [-0.15, -0.1) is 0 Å². The lowest BCUT2D eigenvalue weighted by atomic mass is 9.83. The van der Waals surface area contributed by atoms with Crippen LogP contribution in [0.3, 0.4) is 0 Å². The molecule has 1 atom stereocenters. The van der Waals surface area contributed by atoms with Gasteiger partial charge in [0.2, 0.25) is 0 Å². The molecular weight excluding hydrogens is 198 g/mol. The van der Waals surface area contributed by atoms with Gasteiger partial charge in [-0.3, -0.25) is 4.68 Å². The van der Waals surface area contributed by atoms with Gasteiger partial charge in [-0.1, -0.05) is 19.3 Å². The van der Waals surface area contributed by atoms with Crippen LogP contribution >= 0.6 is 0 Å². The van der Waals surface area contributed by atoms with Crippen molar-refractivity contribution in [1.82, 2.24) is 9.78 Å². The third-order valence-corrected chi connectivity index (χ3v) is 3.50. The molecule has 0 amide bonds. The molecule has 0 saturated heterocycles. The molecule has 0 radical (unpaired) electrons. The molecule has 1 heterocycles. The fourth-order valence-corrected chi connectivity index (χ4v) is 2.77. The quantitative estimate of drug-likeness (QED) is 0.851. The number of nitrogens with zero attached hydrogens (tertiary/aromatic N) is 2. The summed E-state index contributed by atoms with van der Waals surface area (Å²) in [5.41, 5.74) is 8.57. The van der Waals surface area contributed by atoms with Crippen molar-refractivity contribution in [2.24, 2.45) is 12.8 Å². The Morgan fingerprint density at radius 2 is 2.12 bits per heavy atom. The maximum atomic E-state index is 5.88. The van der Waals surface area contributed by atoms with Gasteiger partial charge in [-0.25, -0.2) is 0 Å². The number of aromatic nitrogens is 2. The normalized spacial score (nSPS) is 19.9. The van der Waals surface area contributed by atoms with Crippen LogP contribution in [0, 0.1) is 0 Å². The largest absolute Gasteiger partial charge is 0.328 e. The average Bonchev–Trinajstić information content (AvgIpc) is 2.60. The summed E-state index contributed by atoms with van der Waals surface area (Å²) in [5.74, 6) is 0.733. The molecule has 1 aliphatic carbocycles. The number of aryl methyl sites for hydroxylation is 1. The molecule has 1 aromatic heterocycles. The minimum Gasteiger partial charge on any atom is -0.328 e. The van der Waals surface area contributed by atoms with E-state index in [0.29, 0.717) is 0 Å². The summed E-state index contributed by atoms with van der Waals surface area (Å²) in [4.78, 5) is 0. The van der Waals surface area contributed by atoms with E-state index in [1.165, 1.54) is 43.4 Å². The molecule has 1 aliphatic rings. The zero-order chi connectivity index (χ0) is 11.5. The first-order valence-electron chi connectivity index (χ1n) is 6.45. The maximum absolute atomic E-state index is 5.88. The van der Waals surface area contributed by atoms with Gasteiger partial charge < -0.3 is 5.73 Å². The van der Waals surface area contributed by atoms with Crippen LogP contribution in [0.15, 0.2) is 6.20 Å². The van der Waals surface area contributed by atoms with Crippen molar-refractivity contribution in [3.63, 3.8) is 0 Å². The second kappa shape index (κ2) is 5.00. The molecule has 2 rings (SSSR count). The van der Waals surface area contributed by atoms with E-state index in [1.807, 2.05) is 11.7 Å². The van der Waals surface area contributed by atoms with Gasteiger partial charge in [0.25, 0.3) is 0 Å². The lowest BCUT2D eigenvalue weighted by molar-refractivity contribution is 0.441. The van der Waals surface area contributed by atoms with Gasteiger partial charge in [0.15, 0.2) is 0 Å². The predicted molar refractivity (Wildman–Crippen MR) is 66.4 cm³/mol. The van der Waals surface area contributed by atoms with Gasteiger partial charge in [-0.05, 0) is 31.2 Å². The summed E-state index contributed by atoms with van der Waals surface area (Å²) in [6, 6.07) is 0.206. The molecule has 0 aliphatic heterocycles. The Morgan fingerprint density at radius 3 is 2.75 bits per heavy atom. The fourth-order valence-electron chi connectivity index (χ4n) is 2.77. The maximum Gasteiger partial charge on any atom is 0.0674 e. The van der Waals surface area contributed by atoms with Crippen LogP contribution in [0.5, 0.6) is 0 Å². The van der Waals surface area contributed by atoms with E-state index < -0.39 is 0 Å². The van der Waals surface area contributed by atoms with E-state index in [1.54, 1.807) is 0 Å². The lowest BCUT2D eigenvalue weighted by Crippen LogP contribution is -2.19. The molecule has 0 aromatic carbocycles. The Morgan fingerprint density at radius 1 is 1.44 bits per heavy atom. The summed E-state index contributed by atoms with van der Waals surface area (Å²) in [5, 5.41) is 4.56. The molecule has 1 unspecified atom stereocenters. The fraction of sp³-hybridized carbons (Fsp3) is 0.769. The summed E-state index contributed by atoms with van der Waals surface area (Å²) < 4.78 is 1.95. The predicted octanol–water partition coefficient (Wildman–Crippen LogP) is 2.36. The standard InChI is InChI=1S/C13H23N3/c1-10(14)8-13-12(9-16(2)15-13)11-6-4-3-5-7-11/h9-11H,3-8,14H2,1-2H3. The van der Waals surface area contributed by atoms with Crippen molar-refractivity contribution in [2.75, 3.05) is 0 Å². The zero-order valence-corrected chi connectivity index (χ0v) is 10.4. The monoisotopic (exact) mass is 221 g/mol. The van der Waals surface area contributed by atoms with Crippen molar-refractivity contribution < 1.29 is 0 Å². The topological polar surface area (TPSA) is 43.8 Å². The van der Waals surface area contributed by atoms with Crippen molar-refractivity contribution in [3.8, 4) is 0 Å². The summed E-state index contributed by atoms with van der Waals surface area (Å²) >= 11 is 0. The molecule has 2 N–H and O–H groups in total. The highest BCUT2D eigenvalue weighted by Gasteiger charge is 2.21. The lowest BCUT2D eigenvalue weighted by Gasteiger charge is -2.21. The van der Waals surface area contributed by atoms with Crippen LogP contribution in [0.25, 0.3) is 0 Å². The SMILES string of the molecule is CC(N)Cc1nn(C)cc1C1CCCCC1. The second-order valence-corrected chi connectivity index (χ2v) is 5.22. The Kier molecular flexibility index (Phi) is 3.64. The minimum atomic E-state index is 0.206. The summed E-state index contributed by atoms with van der Waals surface area (Å²) in [6.45, 7) is 2.05. The van der Waals surface area contributed by atoms with Gasteiger partial charge >= 0.3 is 0 Å². The number of rotatable bonds is 3. The van der Waals surface area contributed by atoms with Crippen molar-refractivity contribution >= 4 is 0 Å². The molecular formula is C13H23N3. The second-order valence-electron chi connectivity index (χ2n) is 5.22. The van der Waals surface area contributed by atoms with Gasteiger partial charge in [0, 0.05) is 25.7 Å². The highest BCUT2D eigenvalue weighted by atomic mass is 15.3. The Labute approximate surface area is 98.0 Å². The minimum absolute atomic E-state index is 0.206. The third kappa shape index (κ3) is 2.64. The number of nitrogens with two attached hydrogens (primary N) is 1. The average molecular weight is 221 g/mol. The van der Waals surface area contributed by atoms with E-state index in [2.05, 4.69) is 18.2 Å². The Hall–Kier alpha value is -0.830. The first-order valence-corrected chi connectivity index (χ1v) is 6.45. The van der Waals surface area contributed by atoms with E-state index in [9.17, 15) is 0 Å². The molecule has 3 heteroatoms. The highest BCUT2D eigenvalue weighted by Crippen LogP contribution is 2.34. The van der Waals surface area contributed by atoms with Crippen LogP contribution in [0.1, 0.15) is 56.2 Å². The Bertz CT molecular complexity index is 335. The summed E-state index contributed by atoms with van der Waals surface area (Å²) in [7, 11) is 2.01. The number of hydrogen-bond acceptors (Lipinski definition) is 2. The molecule has 3 nitrogen and oxygen atoms in total. The van der Waals surface area contributed by atoms with Crippen LogP contribution < -0.4 is 5.73 Å². The van der Waals surface area contributed by atoms with Crippen LogP contribution in [0.4, 0.5) is 0 Å². The van der Waals surface area contributed by atoms with Gasteiger partial charge in [0.05, 0.1) is 5.69 Å². The van der Waals surface area contributed by atoms with Gasteiger partial charge in [0.1, 0.15) is 0 Å². The molecule has 1 fully saturated rings. The van der Waals surface area contributed by atoms with Crippen LogP contribution in [-0.4, -0.2) is 15.8 Å². The molecule has 16 heavy (non-hydrogen) atoms. The first kappa shape index (κ1) is 11.6. The summed E-state index contributed by atoms with van der Waals surface area (Å²) in [6.07, 6.45) is 9.92. The first-order chi connectivity index (χ1) is 7.66. The van der Waals surface area contributed by atoms with Crippen LogP contribution in [-0.2, 0) is 13.5 Å². The van der Waals surface area contributed by atoms with E-state index in [4.69, 9.17) is 5.73 Å². The van der Waals surface area contributed by atoms with Crippen molar-refractivity contribution in [2.45, 2.75) is 57.4 Å². The molecule has 1 saturated carbocycles. The highest BCUT2D eigenvalue weighted by molar-refractivity contribution is 5.23. The van der Waals surface area contributed by atoms with Crippen molar-refractivity contribution in [1.29, 1.82) is 0 Å². The Balaban J connectivity index is 2.17. The van der Waals surface area contributed by atoms with Crippen molar-refractivity contribution in [3.05, 3.63) is 17.5 Å². The molecule has 0 bridgehead atoms. The van der Waals surface area contributed by atoms with Crippen LogP contribution in [0.2, 0.25) is 0 Å². The molecule has 90 valence electrons.